The van der Waals surface area contributed by atoms with E-state index in [0.717, 1.165) is 52.8 Å². The minimum atomic E-state index is -0.0199. The molecule has 0 unspecified atom stereocenters. The Morgan fingerprint density at radius 3 is 2.59 bits per heavy atom. The second-order valence-electron chi connectivity index (χ2n) is 9.80. The molecule has 0 amide bonds. The second kappa shape index (κ2) is 8.73. The van der Waals surface area contributed by atoms with Gasteiger partial charge in [0.05, 0.1) is 16.8 Å². The van der Waals surface area contributed by atoms with Gasteiger partial charge in [0, 0.05) is 29.9 Å². The van der Waals surface area contributed by atoms with Gasteiger partial charge >= 0.3 is 0 Å². The molecule has 0 bridgehead atoms. The molecule has 1 aliphatic heterocycles. The molecule has 5 heteroatoms. The van der Waals surface area contributed by atoms with Crippen molar-refractivity contribution in [2.45, 2.75) is 44.2 Å². The van der Waals surface area contributed by atoms with Crippen molar-refractivity contribution in [3.63, 3.8) is 0 Å². The highest BCUT2D eigenvalue weighted by molar-refractivity contribution is 5.92. The normalized spacial score (nSPS) is 17.5. The van der Waals surface area contributed by atoms with E-state index >= 15 is 0 Å². The van der Waals surface area contributed by atoms with E-state index in [-0.39, 0.29) is 5.54 Å². The number of likely N-dealkylation sites (tertiary alicyclic amines) is 1. The molecule has 1 aliphatic carbocycles. The predicted octanol–water partition coefficient (Wildman–Crippen LogP) is 5.86. The zero-order valence-corrected chi connectivity index (χ0v) is 19.6. The lowest BCUT2D eigenvalue weighted by molar-refractivity contribution is 0.220. The van der Waals surface area contributed by atoms with Crippen LogP contribution in [0.5, 0.6) is 0 Å². The maximum absolute atomic E-state index is 4.62. The van der Waals surface area contributed by atoms with E-state index in [1.807, 2.05) is 12.4 Å². The van der Waals surface area contributed by atoms with Gasteiger partial charge in [-0.05, 0) is 73.7 Å². The molecule has 0 radical (unpaired) electrons. The lowest BCUT2D eigenvalue weighted by Gasteiger charge is -2.26. The zero-order chi connectivity index (χ0) is 23.0. The third kappa shape index (κ3) is 4.12. The molecular formula is C29H31N5. The fraction of sp³-hybridized carbons (Fsp3) is 0.310. The van der Waals surface area contributed by atoms with Crippen LogP contribution in [0.15, 0.2) is 73.6 Å². The van der Waals surface area contributed by atoms with Crippen LogP contribution in [0.4, 0.5) is 0 Å². The van der Waals surface area contributed by atoms with Gasteiger partial charge in [-0.1, -0.05) is 49.4 Å². The largest absolute Gasteiger partial charge is 0.374 e. The molecule has 4 aromatic rings. The molecule has 172 valence electrons. The summed E-state index contributed by atoms with van der Waals surface area (Å²) in [5.74, 6) is 0. The van der Waals surface area contributed by atoms with Crippen molar-refractivity contribution in [2.75, 3.05) is 13.1 Å². The van der Waals surface area contributed by atoms with Crippen LogP contribution in [0.25, 0.3) is 27.7 Å². The Kier molecular flexibility index (Phi) is 5.42. The number of benzene rings is 2. The van der Waals surface area contributed by atoms with E-state index in [1.165, 1.54) is 43.5 Å². The van der Waals surface area contributed by atoms with Crippen LogP contribution in [0.3, 0.4) is 0 Å². The fourth-order valence-corrected chi connectivity index (χ4v) is 5.25. The predicted molar refractivity (Wildman–Crippen MR) is 138 cm³/mol. The first-order valence-corrected chi connectivity index (χ1v) is 12.4. The van der Waals surface area contributed by atoms with Gasteiger partial charge in [0.25, 0.3) is 0 Å². The van der Waals surface area contributed by atoms with Crippen molar-refractivity contribution in [1.82, 2.24) is 25.4 Å². The van der Waals surface area contributed by atoms with Crippen molar-refractivity contribution in [1.29, 1.82) is 0 Å². The highest BCUT2D eigenvalue weighted by atomic mass is 15.1. The minimum Gasteiger partial charge on any atom is -0.374 e. The monoisotopic (exact) mass is 449 g/mol. The molecule has 2 aliphatic rings. The van der Waals surface area contributed by atoms with Crippen molar-refractivity contribution in [2.24, 2.45) is 0 Å². The summed E-state index contributed by atoms with van der Waals surface area (Å²) in [6, 6.07) is 19.4. The summed E-state index contributed by atoms with van der Waals surface area (Å²) in [5.41, 5.74) is 7.63. The van der Waals surface area contributed by atoms with E-state index in [2.05, 4.69) is 86.6 Å². The average Bonchev–Trinajstić information content (AvgIpc) is 3.54. The topological polar surface area (TPSA) is 56.8 Å². The highest BCUT2D eigenvalue weighted by Gasteiger charge is 2.44. The second-order valence-corrected chi connectivity index (χ2v) is 9.80. The van der Waals surface area contributed by atoms with Crippen LogP contribution in [0.1, 0.15) is 48.9 Å². The number of hydrogen-bond donors (Lipinski definition) is 2. The molecule has 2 N–H and O–H groups in total. The zero-order valence-electron chi connectivity index (χ0n) is 19.6. The summed E-state index contributed by atoms with van der Waals surface area (Å²) in [4.78, 5) is 7.10. The van der Waals surface area contributed by atoms with Crippen LogP contribution < -0.4 is 5.32 Å². The van der Waals surface area contributed by atoms with Crippen LogP contribution in [0, 0.1) is 0 Å². The van der Waals surface area contributed by atoms with Crippen LogP contribution in [-0.2, 0) is 12.1 Å². The van der Waals surface area contributed by atoms with Crippen LogP contribution in [-0.4, -0.2) is 33.2 Å². The molecule has 2 fully saturated rings. The fourth-order valence-electron chi connectivity index (χ4n) is 5.25. The molecular weight excluding hydrogens is 418 g/mol. The van der Waals surface area contributed by atoms with Gasteiger partial charge in [-0.3, -0.25) is 15.0 Å². The summed E-state index contributed by atoms with van der Waals surface area (Å²) in [6.45, 7) is 7.72. The van der Waals surface area contributed by atoms with Crippen molar-refractivity contribution >= 4 is 16.6 Å². The van der Waals surface area contributed by atoms with Crippen LogP contribution >= 0.6 is 0 Å². The summed E-state index contributed by atoms with van der Waals surface area (Å²) in [7, 11) is 0. The molecule has 0 spiro atoms. The summed E-state index contributed by atoms with van der Waals surface area (Å²) in [6.07, 6.45) is 10.1. The van der Waals surface area contributed by atoms with Crippen molar-refractivity contribution < 1.29 is 0 Å². The molecule has 0 atom stereocenters. The van der Waals surface area contributed by atoms with E-state index in [1.54, 1.807) is 0 Å². The first-order valence-electron chi connectivity index (χ1n) is 12.4. The summed E-state index contributed by atoms with van der Waals surface area (Å²) in [5, 5.41) is 12.6. The van der Waals surface area contributed by atoms with E-state index in [9.17, 15) is 0 Å². The maximum Gasteiger partial charge on any atom is 0.115 e. The number of pyridine rings is 1. The third-order valence-electron chi connectivity index (χ3n) is 7.30. The van der Waals surface area contributed by atoms with Gasteiger partial charge < -0.3 is 5.32 Å². The Morgan fingerprint density at radius 1 is 0.971 bits per heavy atom. The van der Waals surface area contributed by atoms with Gasteiger partial charge in [-0.15, -0.1) is 0 Å². The third-order valence-corrected chi connectivity index (χ3v) is 7.30. The van der Waals surface area contributed by atoms with Crippen molar-refractivity contribution in [3.8, 4) is 11.1 Å². The molecule has 34 heavy (non-hydrogen) atoms. The number of aromatic amines is 1. The number of fused-ring (bicyclic) bond motifs is 1. The summed E-state index contributed by atoms with van der Waals surface area (Å²) >= 11 is 0. The summed E-state index contributed by atoms with van der Waals surface area (Å²) < 4.78 is 0. The molecule has 3 heterocycles. The number of rotatable bonds is 7. The molecule has 2 aromatic carbocycles. The number of piperidine rings is 1. The number of hydrogen-bond acceptors (Lipinski definition) is 4. The SMILES string of the molecule is C=C(NC1(c2ccccc2)CC1)c1n[nH]c2ccc(-c3cncc(CN4CCCCC4)c3)cc12. The lowest BCUT2D eigenvalue weighted by atomic mass is 10.0. The quantitative estimate of drug-likeness (QED) is 0.371. The number of aromatic nitrogens is 3. The lowest BCUT2D eigenvalue weighted by Crippen LogP contribution is -2.29. The highest BCUT2D eigenvalue weighted by Crippen LogP contribution is 2.47. The number of nitrogens with zero attached hydrogens (tertiary/aromatic N) is 3. The standard InChI is InChI=1S/C29H31N5/c1-21(31-29(12-13-29)25-8-4-2-5-9-25)28-26-17-23(10-11-27(26)32-33-28)24-16-22(18-30-19-24)20-34-14-6-3-7-15-34/h2,4-5,8-11,16-19,31H,1,3,6-7,12-15,20H2,(H,32,33). The van der Waals surface area contributed by atoms with E-state index < -0.39 is 0 Å². The molecule has 1 saturated carbocycles. The first kappa shape index (κ1) is 21.1. The molecule has 2 aromatic heterocycles. The van der Waals surface area contributed by atoms with Gasteiger partial charge in [-0.2, -0.15) is 5.10 Å². The maximum atomic E-state index is 4.62. The van der Waals surface area contributed by atoms with Gasteiger partial charge in [0.1, 0.15) is 5.69 Å². The average molecular weight is 450 g/mol. The van der Waals surface area contributed by atoms with E-state index in [0.29, 0.717) is 0 Å². The molecule has 6 rings (SSSR count). The Bertz CT molecular complexity index is 1310. The van der Waals surface area contributed by atoms with Gasteiger partial charge in [-0.25, -0.2) is 0 Å². The smallest absolute Gasteiger partial charge is 0.115 e. The first-order chi connectivity index (χ1) is 16.7. The minimum absolute atomic E-state index is 0.0199. The van der Waals surface area contributed by atoms with Crippen LogP contribution in [0.2, 0.25) is 0 Å². The Morgan fingerprint density at radius 2 is 1.79 bits per heavy atom. The number of H-pyrrole nitrogens is 1. The Balaban J connectivity index is 1.26. The molecule has 5 nitrogen and oxygen atoms in total. The van der Waals surface area contributed by atoms with Crippen molar-refractivity contribution in [3.05, 3.63) is 90.4 Å². The molecule has 1 saturated heterocycles. The van der Waals surface area contributed by atoms with Gasteiger partial charge in [0.15, 0.2) is 0 Å². The van der Waals surface area contributed by atoms with Gasteiger partial charge in [0.2, 0.25) is 0 Å². The number of nitrogens with one attached hydrogen (secondary N) is 2. The Hall–Kier alpha value is -3.44. The Labute approximate surface area is 200 Å². The van der Waals surface area contributed by atoms with E-state index in [4.69, 9.17) is 0 Å².